The Balaban J connectivity index is 1.96. The van der Waals surface area contributed by atoms with E-state index in [-0.39, 0.29) is 0 Å². The van der Waals surface area contributed by atoms with Gasteiger partial charge in [-0.1, -0.05) is 48.7 Å². The lowest BCUT2D eigenvalue weighted by Gasteiger charge is -2.18. The van der Waals surface area contributed by atoms with Crippen LogP contribution in [-0.2, 0) is 0 Å². The summed E-state index contributed by atoms with van der Waals surface area (Å²) in [6.07, 6.45) is 7.31. The van der Waals surface area contributed by atoms with Crippen LogP contribution in [0.5, 0.6) is 0 Å². The van der Waals surface area contributed by atoms with Crippen LogP contribution < -0.4 is 5.73 Å². The zero-order valence-electron chi connectivity index (χ0n) is 14.4. The number of allylic oxidation sites excluding steroid dienone is 4. The third-order valence-electron chi connectivity index (χ3n) is 4.78. The fourth-order valence-electron chi connectivity index (χ4n) is 3.37. The highest BCUT2D eigenvalue weighted by molar-refractivity contribution is 7.11. The summed E-state index contributed by atoms with van der Waals surface area (Å²) in [4.78, 5) is 1.30. The van der Waals surface area contributed by atoms with E-state index in [2.05, 4.69) is 60.2 Å². The standard InChI is InChI=1S/C23H21NS/c1-2-19(22-11-6-14-25-22)23(20-9-3-4-10-21(20)24)18-8-5-7-17(15-18)16-12-13-16/h4-8,10-11,14-16H,2,12-13,24H2,1H3/b23-19+. The van der Waals surface area contributed by atoms with E-state index in [1.54, 1.807) is 11.3 Å². The van der Waals surface area contributed by atoms with Crippen molar-refractivity contribution in [2.75, 3.05) is 0 Å². The Morgan fingerprint density at radius 1 is 1.24 bits per heavy atom. The van der Waals surface area contributed by atoms with Gasteiger partial charge < -0.3 is 5.73 Å². The minimum absolute atomic E-state index is 0.733. The first-order valence-electron chi connectivity index (χ1n) is 8.83. The van der Waals surface area contributed by atoms with Crippen molar-refractivity contribution in [1.29, 1.82) is 0 Å². The van der Waals surface area contributed by atoms with Crippen LogP contribution in [0.1, 0.15) is 48.1 Å². The molecule has 0 spiro atoms. The largest absolute Gasteiger partial charge is 0.398 e. The highest BCUT2D eigenvalue weighted by Gasteiger charge is 2.25. The van der Waals surface area contributed by atoms with Gasteiger partial charge in [-0.15, -0.1) is 11.3 Å². The van der Waals surface area contributed by atoms with E-state index in [0.29, 0.717) is 0 Å². The third kappa shape index (κ3) is 3.21. The molecule has 1 heterocycles. The first kappa shape index (κ1) is 16.0. The smallest absolute Gasteiger partial charge is 0.0560 e. The second-order valence-corrected chi connectivity index (χ2v) is 7.46. The average Bonchev–Trinajstić information content (AvgIpc) is 3.36. The van der Waals surface area contributed by atoms with Crippen molar-refractivity contribution in [3.8, 4) is 0 Å². The topological polar surface area (TPSA) is 26.0 Å². The first-order chi connectivity index (χ1) is 12.3. The van der Waals surface area contributed by atoms with E-state index in [0.717, 1.165) is 23.6 Å². The van der Waals surface area contributed by atoms with Gasteiger partial charge in [-0.25, -0.2) is 0 Å². The van der Waals surface area contributed by atoms with E-state index in [1.165, 1.54) is 40.0 Å². The molecular formula is C23H21NS. The first-order valence-corrected chi connectivity index (χ1v) is 9.71. The minimum atomic E-state index is 0.733. The molecule has 1 aromatic carbocycles. The zero-order chi connectivity index (χ0) is 17.2. The van der Waals surface area contributed by atoms with Crippen LogP contribution >= 0.6 is 11.3 Å². The second kappa shape index (κ2) is 6.78. The van der Waals surface area contributed by atoms with E-state index in [4.69, 9.17) is 5.73 Å². The zero-order valence-corrected chi connectivity index (χ0v) is 15.2. The molecule has 2 aromatic rings. The molecule has 0 unspecified atom stereocenters. The Kier molecular flexibility index (Phi) is 4.34. The van der Waals surface area contributed by atoms with Gasteiger partial charge >= 0.3 is 0 Å². The Morgan fingerprint density at radius 3 is 2.80 bits per heavy atom. The van der Waals surface area contributed by atoms with E-state index >= 15 is 0 Å². The third-order valence-corrected chi connectivity index (χ3v) is 5.71. The summed E-state index contributed by atoms with van der Waals surface area (Å²) in [5.74, 6) is 0.733. The van der Waals surface area contributed by atoms with Gasteiger partial charge in [0.05, 0.1) is 5.57 Å². The van der Waals surface area contributed by atoms with Gasteiger partial charge in [0.2, 0.25) is 0 Å². The van der Waals surface area contributed by atoms with Gasteiger partial charge in [0, 0.05) is 16.1 Å². The molecule has 0 saturated heterocycles. The maximum Gasteiger partial charge on any atom is 0.0560 e. The number of hydrogen-bond acceptors (Lipinski definition) is 2. The molecule has 0 aliphatic heterocycles. The lowest BCUT2D eigenvalue weighted by atomic mass is 9.88. The van der Waals surface area contributed by atoms with Crippen molar-refractivity contribution in [3.05, 3.63) is 92.7 Å². The van der Waals surface area contributed by atoms with E-state index in [9.17, 15) is 0 Å². The summed E-state index contributed by atoms with van der Waals surface area (Å²) in [7, 11) is 0. The SMILES string of the molecule is CC/C(=C(\C1=C=C=CC=C1N)c1cccc(C2CC2)c1)c1cccs1. The van der Waals surface area contributed by atoms with Gasteiger partial charge in [0.15, 0.2) is 0 Å². The van der Waals surface area contributed by atoms with Crippen molar-refractivity contribution >= 4 is 22.5 Å². The lowest BCUT2D eigenvalue weighted by Crippen LogP contribution is -2.05. The fraction of sp³-hybridized carbons (Fsp3) is 0.217. The van der Waals surface area contributed by atoms with E-state index in [1.807, 2.05) is 12.2 Å². The molecule has 0 bridgehead atoms. The molecule has 0 radical (unpaired) electrons. The van der Waals surface area contributed by atoms with Crippen LogP contribution in [0.15, 0.2) is 76.7 Å². The summed E-state index contributed by atoms with van der Waals surface area (Å²) >= 11 is 1.78. The quantitative estimate of drug-likeness (QED) is 0.658. The Labute approximate surface area is 153 Å². The van der Waals surface area contributed by atoms with Crippen molar-refractivity contribution in [2.24, 2.45) is 5.73 Å². The minimum Gasteiger partial charge on any atom is -0.398 e. The molecule has 1 saturated carbocycles. The molecule has 4 rings (SSSR count). The van der Waals surface area contributed by atoms with Gasteiger partial charge in [-0.05, 0) is 65.5 Å². The summed E-state index contributed by atoms with van der Waals surface area (Å²) in [6.45, 7) is 2.21. The van der Waals surface area contributed by atoms with Crippen molar-refractivity contribution in [1.82, 2.24) is 0 Å². The number of hydrogen-bond donors (Lipinski definition) is 1. The molecule has 0 atom stereocenters. The highest BCUT2D eigenvalue weighted by atomic mass is 32.1. The molecule has 124 valence electrons. The van der Waals surface area contributed by atoms with Crippen molar-refractivity contribution in [2.45, 2.75) is 32.1 Å². The van der Waals surface area contributed by atoms with Crippen LogP contribution in [0.4, 0.5) is 0 Å². The molecule has 1 aromatic heterocycles. The average molecular weight is 343 g/mol. The van der Waals surface area contributed by atoms with Crippen LogP contribution in [0.25, 0.3) is 11.1 Å². The second-order valence-electron chi connectivity index (χ2n) is 6.52. The van der Waals surface area contributed by atoms with Crippen LogP contribution in [0, 0.1) is 0 Å². The van der Waals surface area contributed by atoms with Gasteiger partial charge in [0.1, 0.15) is 0 Å². The fourth-order valence-corrected chi connectivity index (χ4v) is 4.22. The predicted octanol–water partition coefficient (Wildman–Crippen LogP) is 6.04. The van der Waals surface area contributed by atoms with Crippen LogP contribution in [0.3, 0.4) is 0 Å². The van der Waals surface area contributed by atoms with Crippen LogP contribution in [-0.4, -0.2) is 0 Å². The maximum atomic E-state index is 6.33. The number of nitrogens with two attached hydrogens (primary N) is 1. The molecule has 2 aliphatic rings. The molecular weight excluding hydrogens is 322 g/mol. The molecule has 1 nitrogen and oxygen atoms in total. The molecule has 2 aliphatic carbocycles. The number of benzene rings is 1. The number of rotatable bonds is 5. The normalized spacial score (nSPS) is 17.2. The molecule has 1 fully saturated rings. The summed E-state index contributed by atoms with van der Waals surface area (Å²) < 4.78 is 0. The van der Waals surface area contributed by atoms with Crippen LogP contribution in [0.2, 0.25) is 0 Å². The summed E-state index contributed by atoms with van der Waals surface area (Å²) in [5, 5.41) is 2.13. The molecule has 2 N–H and O–H groups in total. The van der Waals surface area contributed by atoms with Crippen molar-refractivity contribution < 1.29 is 0 Å². The molecule has 25 heavy (non-hydrogen) atoms. The predicted molar refractivity (Wildman–Crippen MR) is 107 cm³/mol. The Hall–Kier alpha value is -2.50. The summed E-state index contributed by atoms with van der Waals surface area (Å²) in [6, 6.07) is 13.3. The molecule has 2 heteroatoms. The lowest BCUT2D eigenvalue weighted by molar-refractivity contribution is 1.13. The summed E-state index contributed by atoms with van der Waals surface area (Å²) in [5.41, 5.74) is 19.6. The Bertz CT molecular complexity index is 955. The maximum absolute atomic E-state index is 6.33. The monoisotopic (exact) mass is 343 g/mol. The van der Waals surface area contributed by atoms with Gasteiger partial charge in [-0.2, -0.15) is 0 Å². The van der Waals surface area contributed by atoms with E-state index < -0.39 is 0 Å². The number of thiophene rings is 1. The Morgan fingerprint density at radius 2 is 2.12 bits per heavy atom. The van der Waals surface area contributed by atoms with Crippen molar-refractivity contribution in [3.63, 3.8) is 0 Å². The van der Waals surface area contributed by atoms with Gasteiger partial charge in [-0.3, -0.25) is 0 Å². The molecule has 0 amide bonds. The van der Waals surface area contributed by atoms with Gasteiger partial charge in [0.25, 0.3) is 0 Å². The highest BCUT2D eigenvalue weighted by Crippen LogP contribution is 2.43.